The van der Waals surface area contributed by atoms with E-state index in [9.17, 15) is 0 Å². The van der Waals surface area contributed by atoms with Crippen LogP contribution in [0, 0.1) is 5.92 Å². The van der Waals surface area contributed by atoms with Crippen molar-refractivity contribution in [2.45, 2.75) is 32.7 Å². The molecule has 3 N–H and O–H groups in total. The van der Waals surface area contributed by atoms with E-state index in [2.05, 4.69) is 29.3 Å². The second kappa shape index (κ2) is 4.21. The molecule has 0 aliphatic carbocycles. The SMILES string of the molecule is CC(C)C[C@H](N)Cc1cnn[nH]1. The lowest BCUT2D eigenvalue weighted by Gasteiger charge is -2.11. The molecule has 1 rings (SSSR count). The Hall–Kier alpha value is -0.900. The first-order valence-corrected chi connectivity index (χ1v) is 4.29. The van der Waals surface area contributed by atoms with E-state index in [0.29, 0.717) is 5.92 Å². The summed E-state index contributed by atoms with van der Waals surface area (Å²) in [6.45, 7) is 4.34. The fourth-order valence-corrected chi connectivity index (χ4v) is 1.29. The third-order valence-electron chi connectivity index (χ3n) is 1.72. The van der Waals surface area contributed by atoms with Crippen LogP contribution in [0.4, 0.5) is 0 Å². The molecule has 1 aromatic rings. The zero-order valence-electron chi connectivity index (χ0n) is 7.62. The van der Waals surface area contributed by atoms with E-state index < -0.39 is 0 Å². The van der Waals surface area contributed by atoms with Gasteiger partial charge in [0.25, 0.3) is 0 Å². The lowest BCUT2D eigenvalue weighted by molar-refractivity contribution is 0.490. The molecule has 0 amide bonds. The highest BCUT2D eigenvalue weighted by Crippen LogP contribution is 2.06. The first-order valence-electron chi connectivity index (χ1n) is 4.29. The summed E-state index contributed by atoms with van der Waals surface area (Å²) in [7, 11) is 0. The molecule has 0 aromatic carbocycles. The van der Waals surface area contributed by atoms with E-state index in [1.807, 2.05) is 0 Å². The van der Waals surface area contributed by atoms with Crippen LogP contribution in [0.25, 0.3) is 0 Å². The van der Waals surface area contributed by atoms with Crippen molar-refractivity contribution in [3.8, 4) is 0 Å². The zero-order chi connectivity index (χ0) is 8.97. The lowest BCUT2D eigenvalue weighted by Crippen LogP contribution is -2.24. The standard InChI is InChI=1S/C8H16N4/c1-6(2)3-7(9)4-8-5-10-12-11-8/h5-7H,3-4,9H2,1-2H3,(H,10,11,12)/t7-/m0/s1. The van der Waals surface area contributed by atoms with Gasteiger partial charge in [0.15, 0.2) is 0 Å². The van der Waals surface area contributed by atoms with Crippen LogP contribution in [0.15, 0.2) is 6.20 Å². The first-order chi connectivity index (χ1) is 5.68. The number of aromatic amines is 1. The molecule has 68 valence electrons. The number of H-pyrrole nitrogens is 1. The summed E-state index contributed by atoms with van der Waals surface area (Å²) in [5.41, 5.74) is 6.91. The van der Waals surface area contributed by atoms with Crippen LogP contribution < -0.4 is 5.73 Å². The topological polar surface area (TPSA) is 67.6 Å². The van der Waals surface area contributed by atoms with Gasteiger partial charge in [-0.2, -0.15) is 0 Å². The molecule has 0 spiro atoms. The van der Waals surface area contributed by atoms with Crippen molar-refractivity contribution in [3.63, 3.8) is 0 Å². The maximum absolute atomic E-state index is 5.89. The number of aromatic nitrogens is 3. The molecule has 0 bridgehead atoms. The van der Waals surface area contributed by atoms with Gasteiger partial charge in [0.1, 0.15) is 0 Å². The Morgan fingerprint density at radius 3 is 2.83 bits per heavy atom. The number of hydrogen-bond acceptors (Lipinski definition) is 3. The fraction of sp³-hybridized carbons (Fsp3) is 0.750. The van der Waals surface area contributed by atoms with Gasteiger partial charge >= 0.3 is 0 Å². The molecule has 4 heteroatoms. The van der Waals surface area contributed by atoms with E-state index in [4.69, 9.17) is 5.73 Å². The molecule has 0 saturated carbocycles. The summed E-state index contributed by atoms with van der Waals surface area (Å²) in [4.78, 5) is 0. The van der Waals surface area contributed by atoms with E-state index in [1.54, 1.807) is 6.20 Å². The third kappa shape index (κ3) is 3.00. The minimum atomic E-state index is 0.215. The first kappa shape index (κ1) is 9.19. The molecule has 1 aromatic heterocycles. The number of nitrogens with zero attached hydrogens (tertiary/aromatic N) is 2. The lowest BCUT2D eigenvalue weighted by atomic mass is 10.0. The number of nitrogens with two attached hydrogens (primary N) is 1. The molecular formula is C8H16N4. The maximum atomic E-state index is 5.89. The van der Waals surface area contributed by atoms with Gasteiger partial charge in [-0.25, -0.2) is 0 Å². The van der Waals surface area contributed by atoms with Gasteiger partial charge in [-0.3, -0.25) is 5.10 Å². The van der Waals surface area contributed by atoms with E-state index in [-0.39, 0.29) is 6.04 Å². The predicted molar refractivity (Wildman–Crippen MR) is 47.5 cm³/mol. The van der Waals surface area contributed by atoms with Crippen molar-refractivity contribution >= 4 is 0 Å². The smallest absolute Gasteiger partial charge is 0.0723 e. The average Bonchev–Trinajstić information content (AvgIpc) is 2.37. The van der Waals surface area contributed by atoms with Crippen LogP contribution in [-0.4, -0.2) is 21.5 Å². The average molecular weight is 168 g/mol. The zero-order valence-corrected chi connectivity index (χ0v) is 7.62. The van der Waals surface area contributed by atoms with Crippen LogP contribution in [0.1, 0.15) is 26.0 Å². The van der Waals surface area contributed by atoms with E-state index in [1.165, 1.54) is 0 Å². The molecular weight excluding hydrogens is 152 g/mol. The summed E-state index contributed by atoms with van der Waals surface area (Å²) < 4.78 is 0. The summed E-state index contributed by atoms with van der Waals surface area (Å²) in [5, 5.41) is 10.1. The van der Waals surface area contributed by atoms with Crippen molar-refractivity contribution in [2.75, 3.05) is 0 Å². The van der Waals surface area contributed by atoms with Crippen molar-refractivity contribution in [1.29, 1.82) is 0 Å². The molecule has 12 heavy (non-hydrogen) atoms. The normalized spacial score (nSPS) is 13.7. The van der Waals surface area contributed by atoms with Gasteiger partial charge < -0.3 is 5.73 Å². The van der Waals surface area contributed by atoms with Gasteiger partial charge in [-0.05, 0) is 12.3 Å². The molecule has 1 atom stereocenters. The van der Waals surface area contributed by atoms with Crippen LogP contribution in [-0.2, 0) is 6.42 Å². The van der Waals surface area contributed by atoms with Crippen molar-refractivity contribution in [1.82, 2.24) is 15.4 Å². The third-order valence-corrected chi connectivity index (χ3v) is 1.72. The molecule has 1 heterocycles. The van der Waals surface area contributed by atoms with Crippen molar-refractivity contribution in [3.05, 3.63) is 11.9 Å². The number of nitrogens with one attached hydrogen (secondary N) is 1. The second-order valence-corrected chi connectivity index (χ2v) is 3.58. The van der Waals surface area contributed by atoms with Gasteiger partial charge in [0, 0.05) is 12.5 Å². The Bertz CT molecular complexity index is 205. The van der Waals surface area contributed by atoms with Crippen LogP contribution in [0.5, 0.6) is 0 Å². The van der Waals surface area contributed by atoms with Crippen molar-refractivity contribution in [2.24, 2.45) is 11.7 Å². The van der Waals surface area contributed by atoms with Crippen LogP contribution in [0.2, 0.25) is 0 Å². The quantitative estimate of drug-likeness (QED) is 0.696. The Morgan fingerprint density at radius 2 is 2.33 bits per heavy atom. The predicted octanol–water partition coefficient (Wildman–Crippen LogP) is 0.721. The van der Waals surface area contributed by atoms with E-state index in [0.717, 1.165) is 18.5 Å². The monoisotopic (exact) mass is 168 g/mol. The van der Waals surface area contributed by atoms with Crippen LogP contribution in [0.3, 0.4) is 0 Å². The number of rotatable bonds is 4. The Kier molecular flexibility index (Phi) is 3.22. The summed E-state index contributed by atoms with van der Waals surface area (Å²) in [6.07, 6.45) is 3.60. The van der Waals surface area contributed by atoms with Crippen molar-refractivity contribution < 1.29 is 0 Å². The minimum Gasteiger partial charge on any atom is -0.327 e. The van der Waals surface area contributed by atoms with Gasteiger partial charge in [0.05, 0.1) is 11.9 Å². The molecule has 0 radical (unpaired) electrons. The fourth-order valence-electron chi connectivity index (χ4n) is 1.29. The van der Waals surface area contributed by atoms with Gasteiger partial charge in [-0.1, -0.05) is 19.1 Å². The van der Waals surface area contributed by atoms with Crippen LogP contribution >= 0.6 is 0 Å². The molecule has 0 saturated heterocycles. The van der Waals surface area contributed by atoms with E-state index >= 15 is 0 Å². The molecule has 0 unspecified atom stereocenters. The second-order valence-electron chi connectivity index (χ2n) is 3.58. The number of hydrogen-bond donors (Lipinski definition) is 2. The van der Waals surface area contributed by atoms with Gasteiger partial charge in [0.2, 0.25) is 0 Å². The minimum absolute atomic E-state index is 0.215. The Labute approximate surface area is 72.5 Å². The largest absolute Gasteiger partial charge is 0.327 e. The molecule has 4 nitrogen and oxygen atoms in total. The van der Waals surface area contributed by atoms with Gasteiger partial charge in [-0.15, -0.1) is 5.10 Å². The molecule has 0 aliphatic heterocycles. The summed E-state index contributed by atoms with van der Waals surface area (Å²) in [6, 6.07) is 0.215. The molecule has 0 aliphatic rings. The Morgan fingerprint density at radius 1 is 1.58 bits per heavy atom. The Balaban J connectivity index is 2.32. The summed E-state index contributed by atoms with van der Waals surface area (Å²) >= 11 is 0. The molecule has 0 fully saturated rings. The highest BCUT2D eigenvalue weighted by Gasteiger charge is 2.07. The highest BCUT2D eigenvalue weighted by molar-refractivity contribution is 4.93. The summed E-state index contributed by atoms with van der Waals surface area (Å²) in [5.74, 6) is 0.649. The highest BCUT2D eigenvalue weighted by atomic mass is 15.3. The maximum Gasteiger partial charge on any atom is 0.0723 e.